The summed E-state index contributed by atoms with van der Waals surface area (Å²) < 4.78 is 0. The number of hydrogen-bond acceptors (Lipinski definition) is 3. The molecule has 0 unspecified atom stereocenters. The lowest BCUT2D eigenvalue weighted by Crippen LogP contribution is -2.20. The van der Waals surface area contributed by atoms with Crippen LogP contribution in [0, 0.1) is 0 Å². The summed E-state index contributed by atoms with van der Waals surface area (Å²) in [6, 6.07) is 16.8. The van der Waals surface area contributed by atoms with Gasteiger partial charge in [-0.15, -0.1) is 11.8 Å². The molecule has 0 spiro atoms. The van der Waals surface area contributed by atoms with Crippen LogP contribution in [0.5, 0.6) is 0 Å². The van der Waals surface area contributed by atoms with Crippen LogP contribution in [0.1, 0.15) is 18.4 Å². The Labute approximate surface area is 153 Å². The van der Waals surface area contributed by atoms with Crippen LogP contribution >= 0.6 is 24.0 Å². The zero-order chi connectivity index (χ0) is 16.8. The van der Waals surface area contributed by atoms with Crippen molar-refractivity contribution in [1.29, 1.82) is 0 Å². The first-order valence-corrected chi connectivity index (χ1v) is 9.89. The van der Waals surface area contributed by atoms with Gasteiger partial charge >= 0.3 is 0 Å². The number of benzene rings is 2. The van der Waals surface area contributed by atoms with Crippen molar-refractivity contribution >= 4 is 40.5 Å². The molecule has 0 radical (unpaired) electrons. The van der Waals surface area contributed by atoms with Gasteiger partial charge in [-0.2, -0.15) is 0 Å². The first-order chi connectivity index (χ1) is 11.7. The van der Waals surface area contributed by atoms with Crippen LogP contribution in [-0.2, 0) is 6.54 Å². The third-order valence-electron chi connectivity index (χ3n) is 4.12. The van der Waals surface area contributed by atoms with E-state index in [2.05, 4.69) is 58.2 Å². The number of nitrogens with one attached hydrogen (secondary N) is 2. The number of rotatable bonds is 5. The molecule has 0 aliphatic carbocycles. The minimum absolute atomic E-state index is 0.617. The first kappa shape index (κ1) is 17.3. The molecular weight excluding hydrogens is 334 g/mol. The Kier molecular flexibility index (Phi) is 6.12. The lowest BCUT2D eigenvalue weighted by atomic mass is 10.2. The van der Waals surface area contributed by atoms with Crippen molar-refractivity contribution in [1.82, 2.24) is 4.90 Å². The van der Waals surface area contributed by atoms with Gasteiger partial charge in [0.05, 0.1) is 0 Å². The summed E-state index contributed by atoms with van der Waals surface area (Å²) in [5.41, 5.74) is 3.37. The standard InChI is InChI=1S/C19H23N3S2/c1-24-18-9-5-8-17(13-18)21-19(23)20-16-7-4-6-15(12-16)14-22-10-2-3-11-22/h4-9,12-13H,2-3,10-11,14H2,1H3,(H2,20,21,23). The van der Waals surface area contributed by atoms with Crippen LogP contribution in [0.15, 0.2) is 53.4 Å². The SMILES string of the molecule is CSc1cccc(NC(=S)Nc2cccc(CN3CCCC3)c2)c1. The number of likely N-dealkylation sites (tertiary alicyclic amines) is 1. The van der Waals surface area contributed by atoms with E-state index in [4.69, 9.17) is 12.2 Å². The maximum Gasteiger partial charge on any atom is 0.175 e. The fourth-order valence-corrected chi connectivity index (χ4v) is 3.64. The van der Waals surface area contributed by atoms with Crippen LogP contribution in [0.25, 0.3) is 0 Å². The second kappa shape index (κ2) is 8.51. The fraction of sp³-hybridized carbons (Fsp3) is 0.316. The molecular formula is C19H23N3S2. The van der Waals surface area contributed by atoms with E-state index in [0.29, 0.717) is 5.11 Å². The normalized spacial score (nSPS) is 14.5. The molecule has 24 heavy (non-hydrogen) atoms. The number of thiocarbonyl (C=S) groups is 1. The number of hydrogen-bond donors (Lipinski definition) is 2. The van der Waals surface area contributed by atoms with E-state index >= 15 is 0 Å². The topological polar surface area (TPSA) is 27.3 Å². The molecule has 2 aromatic carbocycles. The van der Waals surface area contributed by atoms with Crippen LogP contribution in [0.4, 0.5) is 11.4 Å². The molecule has 3 rings (SSSR count). The third-order valence-corrected chi connectivity index (χ3v) is 5.05. The van der Waals surface area contributed by atoms with Crippen molar-refractivity contribution in [3.63, 3.8) is 0 Å². The average molecular weight is 358 g/mol. The molecule has 0 bridgehead atoms. The van der Waals surface area contributed by atoms with Gasteiger partial charge in [0.2, 0.25) is 0 Å². The number of nitrogens with zero attached hydrogens (tertiary/aromatic N) is 1. The van der Waals surface area contributed by atoms with Crippen LogP contribution in [0.2, 0.25) is 0 Å². The van der Waals surface area contributed by atoms with Gasteiger partial charge in [-0.05, 0) is 80.3 Å². The number of thioether (sulfide) groups is 1. The van der Waals surface area contributed by atoms with Crippen molar-refractivity contribution < 1.29 is 0 Å². The van der Waals surface area contributed by atoms with Gasteiger partial charge in [0.1, 0.15) is 0 Å². The molecule has 0 aromatic heterocycles. The van der Waals surface area contributed by atoms with Crippen molar-refractivity contribution in [3.05, 3.63) is 54.1 Å². The Hall–Kier alpha value is -1.56. The third kappa shape index (κ3) is 4.97. The molecule has 2 N–H and O–H groups in total. The summed E-state index contributed by atoms with van der Waals surface area (Å²) in [5, 5.41) is 7.16. The smallest absolute Gasteiger partial charge is 0.175 e. The highest BCUT2D eigenvalue weighted by molar-refractivity contribution is 7.98. The van der Waals surface area contributed by atoms with Crippen molar-refractivity contribution in [2.45, 2.75) is 24.3 Å². The minimum Gasteiger partial charge on any atom is -0.332 e. The zero-order valence-electron chi connectivity index (χ0n) is 13.9. The predicted molar refractivity (Wildman–Crippen MR) is 109 cm³/mol. The average Bonchev–Trinajstić information content (AvgIpc) is 3.08. The maximum absolute atomic E-state index is 5.44. The van der Waals surface area contributed by atoms with E-state index in [0.717, 1.165) is 17.9 Å². The first-order valence-electron chi connectivity index (χ1n) is 8.26. The summed E-state index contributed by atoms with van der Waals surface area (Å²) >= 11 is 7.17. The van der Waals surface area contributed by atoms with Crippen LogP contribution < -0.4 is 10.6 Å². The molecule has 3 nitrogen and oxygen atoms in total. The van der Waals surface area contributed by atoms with E-state index in [9.17, 15) is 0 Å². The summed E-state index contributed by atoms with van der Waals surface area (Å²) in [6.07, 6.45) is 4.71. The second-order valence-electron chi connectivity index (χ2n) is 5.99. The Morgan fingerprint density at radius 1 is 1.04 bits per heavy atom. The zero-order valence-corrected chi connectivity index (χ0v) is 15.6. The highest BCUT2D eigenvalue weighted by atomic mass is 32.2. The van der Waals surface area contributed by atoms with E-state index in [1.54, 1.807) is 11.8 Å². The Balaban J connectivity index is 1.59. The molecule has 0 atom stereocenters. The summed E-state index contributed by atoms with van der Waals surface area (Å²) in [6.45, 7) is 3.44. The Bertz CT molecular complexity index is 697. The van der Waals surface area contributed by atoms with Crippen LogP contribution in [0.3, 0.4) is 0 Å². The quantitative estimate of drug-likeness (QED) is 0.591. The monoisotopic (exact) mass is 357 g/mol. The van der Waals surface area contributed by atoms with Gasteiger partial charge in [0.15, 0.2) is 5.11 Å². The summed E-state index contributed by atoms with van der Waals surface area (Å²) in [5.74, 6) is 0. The van der Waals surface area contributed by atoms with Gasteiger partial charge in [-0.25, -0.2) is 0 Å². The lowest BCUT2D eigenvalue weighted by molar-refractivity contribution is 0.331. The Morgan fingerprint density at radius 2 is 1.71 bits per heavy atom. The molecule has 1 heterocycles. The van der Waals surface area contributed by atoms with Crippen molar-refractivity contribution in [2.75, 3.05) is 30.0 Å². The predicted octanol–water partition coefficient (Wildman–Crippen LogP) is 4.81. The molecule has 1 fully saturated rings. The summed E-state index contributed by atoms with van der Waals surface area (Å²) in [7, 11) is 0. The minimum atomic E-state index is 0.617. The van der Waals surface area contributed by atoms with Crippen molar-refractivity contribution in [2.24, 2.45) is 0 Å². The molecule has 1 aliphatic heterocycles. The maximum atomic E-state index is 5.44. The molecule has 0 amide bonds. The van der Waals surface area contributed by atoms with E-state index in [1.165, 1.54) is 36.4 Å². The van der Waals surface area contributed by atoms with Crippen molar-refractivity contribution in [3.8, 4) is 0 Å². The molecule has 1 aliphatic rings. The van der Waals surface area contributed by atoms with Gasteiger partial charge < -0.3 is 10.6 Å². The number of anilines is 2. The fourth-order valence-electron chi connectivity index (χ4n) is 2.94. The molecule has 0 saturated carbocycles. The van der Waals surface area contributed by atoms with Gasteiger partial charge in [0.25, 0.3) is 0 Å². The Morgan fingerprint density at radius 3 is 2.42 bits per heavy atom. The molecule has 1 saturated heterocycles. The second-order valence-corrected chi connectivity index (χ2v) is 7.28. The largest absolute Gasteiger partial charge is 0.332 e. The highest BCUT2D eigenvalue weighted by Gasteiger charge is 2.11. The summed E-state index contributed by atoms with van der Waals surface area (Å²) in [4.78, 5) is 3.72. The van der Waals surface area contributed by atoms with E-state index in [-0.39, 0.29) is 0 Å². The van der Waals surface area contributed by atoms with E-state index < -0.39 is 0 Å². The molecule has 5 heteroatoms. The lowest BCUT2D eigenvalue weighted by Gasteiger charge is -2.16. The van der Waals surface area contributed by atoms with E-state index in [1.807, 2.05) is 12.1 Å². The van der Waals surface area contributed by atoms with Gasteiger partial charge in [-0.1, -0.05) is 18.2 Å². The van der Waals surface area contributed by atoms with Crippen LogP contribution in [-0.4, -0.2) is 29.4 Å². The van der Waals surface area contributed by atoms with Gasteiger partial charge in [-0.3, -0.25) is 4.90 Å². The molecule has 126 valence electrons. The van der Waals surface area contributed by atoms with Gasteiger partial charge in [0, 0.05) is 22.8 Å². The molecule has 2 aromatic rings. The highest BCUT2D eigenvalue weighted by Crippen LogP contribution is 2.20.